The maximum absolute atomic E-state index is 14.1. The van der Waals surface area contributed by atoms with Crippen molar-refractivity contribution in [3.63, 3.8) is 0 Å². The lowest BCUT2D eigenvalue weighted by Gasteiger charge is -2.30. The summed E-state index contributed by atoms with van der Waals surface area (Å²) in [5.74, 6) is -1.05. The predicted molar refractivity (Wildman–Crippen MR) is 166 cm³/mol. The first-order chi connectivity index (χ1) is 21.8. The van der Waals surface area contributed by atoms with Gasteiger partial charge in [-0.1, -0.05) is 25.4 Å². The molecule has 4 heterocycles. The Morgan fingerprint density at radius 1 is 1.26 bits per heavy atom. The molecule has 46 heavy (non-hydrogen) atoms. The highest BCUT2D eigenvalue weighted by molar-refractivity contribution is 6.31. The average Bonchev–Trinajstić information content (AvgIpc) is 3.73. The molecule has 0 radical (unpaired) electrons. The first-order valence-electron chi connectivity index (χ1n) is 14.7. The standard InChI is InChI=1S/C33H33ClFN5O6/c1-32(2)18-45-29-21(32)15-27(38-28(29)19-5-7-23(35)22(34)13-19)33(44,17-40-11-4-10-37-40)16-36-30(42)20-6-8-25(24(41)14-20)46-26-9-12-39(3)31(26)43/h4-8,10-11,13-15,26,41,44H,9,12,16-18H2,1-3H3,(H,36,42). The quantitative estimate of drug-likeness (QED) is 0.247. The van der Waals surface area contributed by atoms with E-state index in [1.807, 2.05) is 13.8 Å². The third-order valence-electron chi connectivity index (χ3n) is 8.34. The Labute approximate surface area is 269 Å². The molecule has 13 heteroatoms. The smallest absolute Gasteiger partial charge is 0.263 e. The number of carbonyl (C=O) groups is 2. The number of likely N-dealkylation sites (tertiary alicyclic amines) is 1. The van der Waals surface area contributed by atoms with Crippen molar-refractivity contribution in [2.24, 2.45) is 0 Å². The van der Waals surface area contributed by atoms with Crippen molar-refractivity contribution >= 4 is 23.4 Å². The van der Waals surface area contributed by atoms with E-state index in [0.717, 1.165) is 5.56 Å². The molecule has 2 aromatic heterocycles. The SMILES string of the molecule is CN1CCC(Oc2ccc(C(=O)NCC(O)(Cn3cccn3)c3cc4c(c(-c5ccc(F)c(Cl)c5)n3)OCC4(C)C)cc2O)C1=O. The molecule has 2 unspecified atom stereocenters. The number of aliphatic hydroxyl groups is 1. The van der Waals surface area contributed by atoms with E-state index in [1.165, 1.54) is 41.1 Å². The molecule has 0 spiro atoms. The molecule has 0 aliphatic carbocycles. The van der Waals surface area contributed by atoms with Crippen molar-refractivity contribution in [3.8, 4) is 28.5 Å². The Balaban J connectivity index is 1.31. The van der Waals surface area contributed by atoms with E-state index in [9.17, 15) is 24.2 Å². The summed E-state index contributed by atoms with van der Waals surface area (Å²) in [6.45, 7) is 4.55. The first-order valence-corrected chi connectivity index (χ1v) is 15.1. The minimum Gasteiger partial charge on any atom is -0.504 e. The van der Waals surface area contributed by atoms with Gasteiger partial charge in [-0.25, -0.2) is 9.37 Å². The summed E-state index contributed by atoms with van der Waals surface area (Å²) in [5.41, 5.74) is -0.234. The van der Waals surface area contributed by atoms with E-state index < -0.39 is 28.8 Å². The van der Waals surface area contributed by atoms with Crippen molar-refractivity contribution in [1.82, 2.24) is 25.0 Å². The van der Waals surface area contributed by atoms with E-state index in [1.54, 1.807) is 36.5 Å². The lowest BCUT2D eigenvalue weighted by molar-refractivity contribution is -0.132. The Kier molecular flexibility index (Phi) is 8.11. The van der Waals surface area contributed by atoms with Gasteiger partial charge in [-0.15, -0.1) is 0 Å². The van der Waals surface area contributed by atoms with Crippen LogP contribution >= 0.6 is 11.6 Å². The molecule has 2 aliphatic heterocycles. The number of hydrogen-bond acceptors (Lipinski definition) is 8. The minimum atomic E-state index is -1.78. The topological polar surface area (TPSA) is 139 Å². The van der Waals surface area contributed by atoms with Crippen molar-refractivity contribution in [1.29, 1.82) is 0 Å². The monoisotopic (exact) mass is 649 g/mol. The molecule has 2 atom stereocenters. The van der Waals surface area contributed by atoms with Crippen LogP contribution in [0.1, 0.15) is 41.9 Å². The van der Waals surface area contributed by atoms with E-state index in [2.05, 4.69) is 10.4 Å². The molecule has 1 fully saturated rings. The number of hydrogen-bond donors (Lipinski definition) is 3. The van der Waals surface area contributed by atoms with Gasteiger partial charge in [-0.2, -0.15) is 5.10 Å². The number of ether oxygens (including phenoxy) is 2. The first kappa shape index (κ1) is 31.3. The number of amides is 2. The minimum absolute atomic E-state index is 0.0706. The molecule has 11 nitrogen and oxygen atoms in total. The second-order valence-corrected chi connectivity index (χ2v) is 12.7. The number of benzene rings is 2. The molecule has 0 saturated carbocycles. The van der Waals surface area contributed by atoms with Gasteiger partial charge >= 0.3 is 0 Å². The second-order valence-electron chi connectivity index (χ2n) is 12.3. The Bertz CT molecular complexity index is 1820. The van der Waals surface area contributed by atoms with Gasteiger partial charge in [-0.05, 0) is 48.5 Å². The normalized spacial score (nSPS) is 18.2. The van der Waals surface area contributed by atoms with E-state index >= 15 is 0 Å². The molecule has 0 bridgehead atoms. The van der Waals surface area contributed by atoms with Crippen LogP contribution in [-0.4, -0.2) is 74.5 Å². The van der Waals surface area contributed by atoms with Crippen molar-refractivity contribution in [2.75, 3.05) is 26.7 Å². The molecule has 2 aromatic carbocycles. The summed E-state index contributed by atoms with van der Waals surface area (Å²) in [5, 5.41) is 29.8. The van der Waals surface area contributed by atoms with E-state index in [-0.39, 0.29) is 46.8 Å². The van der Waals surface area contributed by atoms with Gasteiger partial charge in [0.15, 0.2) is 17.6 Å². The Morgan fingerprint density at radius 2 is 2.07 bits per heavy atom. The van der Waals surface area contributed by atoms with Gasteiger partial charge in [-0.3, -0.25) is 14.3 Å². The van der Waals surface area contributed by atoms with Crippen LogP contribution in [-0.2, 0) is 22.4 Å². The molecule has 240 valence electrons. The maximum atomic E-state index is 14.1. The van der Waals surface area contributed by atoms with E-state index in [4.69, 9.17) is 26.1 Å². The van der Waals surface area contributed by atoms with Crippen LogP contribution in [0.25, 0.3) is 11.3 Å². The lowest BCUT2D eigenvalue weighted by Crippen LogP contribution is -2.44. The fourth-order valence-corrected chi connectivity index (χ4v) is 5.80. The number of aromatic hydroxyl groups is 1. The molecule has 2 aliphatic rings. The molecular weight excluding hydrogens is 617 g/mol. The number of halogens is 2. The Hall–Kier alpha value is -4.68. The van der Waals surface area contributed by atoms with Crippen LogP contribution in [0.15, 0.2) is 60.9 Å². The van der Waals surface area contributed by atoms with Gasteiger partial charge in [0.05, 0.1) is 30.4 Å². The van der Waals surface area contributed by atoms with Gasteiger partial charge in [0.25, 0.3) is 11.8 Å². The van der Waals surface area contributed by atoms with Crippen LogP contribution in [0.2, 0.25) is 5.02 Å². The van der Waals surface area contributed by atoms with Crippen LogP contribution in [0, 0.1) is 5.82 Å². The number of aromatic nitrogens is 3. The van der Waals surface area contributed by atoms with Gasteiger partial charge < -0.3 is 29.9 Å². The number of nitrogens with one attached hydrogen (secondary N) is 1. The predicted octanol–water partition coefficient (Wildman–Crippen LogP) is 4.04. The van der Waals surface area contributed by atoms with E-state index in [0.29, 0.717) is 36.6 Å². The maximum Gasteiger partial charge on any atom is 0.263 e. The van der Waals surface area contributed by atoms with Crippen LogP contribution in [0.5, 0.6) is 17.2 Å². The third kappa shape index (κ3) is 5.97. The Morgan fingerprint density at radius 3 is 2.74 bits per heavy atom. The number of phenols is 1. The second kappa shape index (κ2) is 11.9. The fraction of sp³-hybridized carbons (Fsp3) is 0.333. The van der Waals surface area contributed by atoms with Crippen LogP contribution in [0.4, 0.5) is 4.39 Å². The number of phenolic OH excluding ortho intramolecular Hbond substituents is 1. The summed E-state index contributed by atoms with van der Waals surface area (Å²) < 4.78 is 27.3. The lowest BCUT2D eigenvalue weighted by atomic mass is 9.84. The number of pyridine rings is 1. The fourth-order valence-electron chi connectivity index (χ4n) is 5.62. The number of fused-ring (bicyclic) bond motifs is 1. The van der Waals surface area contributed by atoms with Gasteiger partial charge in [0.2, 0.25) is 0 Å². The molecule has 1 saturated heterocycles. The van der Waals surface area contributed by atoms with Crippen molar-refractivity contribution < 1.29 is 33.7 Å². The zero-order valence-electron chi connectivity index (χ0n) is 25.5. The summed E-state index contributed by atoms with van der Waals surface area (Å²) in [6, 6.07) is 11.8. The van der Waals surface area contributed by atoms with Gasteiger partial charge in [0, 0.05) is 54.5 Å². The summed E-state index contributed by atoms with van der Waals surface area (Å²) in [7, 11) is 1.68. The molecular formula is C33H33ClFN5O6. The van der Waals surface area contributed by atoms with Crippen LogP contribution in [0.3, 0.4) is 0 Å². The summed E-state index contributed by atoms with van der Waals surface area (Å²) in [4.78, 5) is 31.9. The molecule has 2 amide bonds. The zero-order chi connectivity index (χ0) is 32.8. The summed E-state index contributed by atoms with van der Waals surface area (Å²) >= 11 is 6.12. The number of rotatable bonds is 9. The highest BCUT2D eigenvalue weighted by atomic mass is 35.5. The molecule has 4 aromatic rings. The highest BCUT2D eigenvalue weighted by Crippen LogP contribution is 2.46. The van der Waals surface area contributed by atoms with Crippen molar-refractivity contribution in [2.45, 2.75) is 43.9 Å². The van der Waals surface area contributed by atoms with Gasteiger partial charge in [0.1, 0.15) is 22.9 Å². The molecule has 6 rings (SSSR count). The van der Waals surface area contributed by atoms with Crippen LogP contribution < -0.4 is 14.8 Å². The number of carbonyl (C=O) groups excluding carboxylic acids is 2. The van der Waals surface area contributed by atoms with Crippen molar-refractivity contribution in [3.05, 3.63) is 88.6 Å². The average molecular weight is 650 g/mol. The largest absolute Gasteiger partial charge is 0.504 e. The molecule has 3 N–H and O–H groups in total. The highest BCUT2D eigenvalue weighted by Gasteiger charge is 2.40. The third-order valence-corrected chi connectivity index (χ3v) is 8.63. The summed E-state index contributed by atoms with van der Waals surface area (Å²) in [6.07, 6.45) is 3.03. The number of likely N-dealkylation sites (N-methyl/N-ethyl adjacent to an activating group) is 1. The zero-order valence-corrected chi connectivity index (χ0v) is 26.2. The number of nitrogens with zero attached hydrogens (tertiary/aromatic N) is 4.